The second-order valence-electron chi connectivity index (χ2n) is 4.53. The maximum absolute atomic E-state index is 12.4. The Morgan fingerprint density at radius 3 is 2.79 bits per heavy atom. The van der Waals surface area contributed by atoms with E-state index in [1.165, 1.54) is 0 Å². The molecule has 0 amide bonds. The highest BCUT2D eigenvalue weighted by molar-refractivity contribution is 6.09. The number of hydrogen-bond acceptors (Lipinski definition) is 3. The van der Waals surface area contributed by atoms with Crippen LogP contribution in [0.1, 0.15) is 21.7 Å². The summed E-state index contributed by atoms with van der Waals surface area (Å²) in [5.74, 6) is -0.0607. The lowest BCUT2D eigenvalue weighted by Crippen LogP contribution is -2.03. The molecule has 0 spiro atoms. The van der Waals surface area contributed by atoms with Crippen molar-refractivity contribution in [3.8, 4) is 0 Å². The predicted octanol–water partition coefficient (Wildman–Crippen LogP) is 2.51. The molecule has 0 aliphatic carbocycles. The molecule has 0 radical (unpaired) electrons. The smallest absolute Gasteiger partial charge is 0.213 e. The third-order valence-electron chi connectivity index (χ3n) is 3.21. The molecule has 2 aromatic heterocycles. The van der Waals surface area contributed by atoms with Crippen molar-refractivity contribution in [1.29, 1.82) is 0 Å². The summed E-state index contributed by atoms with van der Waals surface area (Å²) in [7, 11) is 1.83. The highest BCUT2D eigenvalue weighted by Gasteiger charge is 2.13. The lowest BCUT2D eigenvalue weighted by Gasteiger charge is -2.00. The highest BCUT2D eigenvalue weighted by Crippen LogP contribution is 2.16. The molecule has 4 nitrogen and oxygen atoms in total. The summed E-state index contributed by atoms with van der Waals surface area (Å²) in [5, 5.41) is 5.18. The molecule has 3 rings (SSSR count). The van der Waals surface area contributed by atoms with Crippen molar-refractivity contribution in [2.75, 3.05) is 0 Å². The molecule has 0 atom stereocenters. The number of fused-ring (bicyclic) bond motifs is 1. The summed E-state index contributed by atoms with van der Waals surface area (Å²) in [6.07, 6.45) is 1.74. The van der Waals surface area contributed by atoms with Gasteiger partial charge in [0.25, 0.3) is 0 Å². The van der Waals surface area contributed by atoms with Crippen LogP contribution < -0.4 is 0 Å². The third kappa shape index (κ3) is 2.01. The van der Waals surface area contributed by atoms with E-state index in [2.05, 4.69) is 10.1 Å². The Kier molecular flexibility index (Phi) is 2.63. The van der Waals surface area contributed by atoms with Gasteiger partial charge in [-0.05, 0) is 37.3 Å². The molecular formula is C15H13N3O. The Labute approximate surface area is 110 Å². The van der Waals surface area contributed by atoms with Crippen LogP contribution in [0.5, 0.6) is 0 Å². The molecule has 19 heavy (non-hydrogen) atoms. The maximum Gasteiger partial charge on any atom is 0.213 e. The van der Waals surface area contributed by atoms with E-state index in [0.29, 0.717) is 11.3 Å². The van der Waals surface area contributed by atoms with Gasteiger partial charge in [0.2, 0.25) is 5.78 Å². The largest absolute Gasteiger partial charge is 0.287 e. The molecule has 0 unspecified atom stereocenters. The highest BCUT2D eigenvalue weighted by atomic mass is 16.1. The van der Waals surface area contributed by atoms with Crippen LogP contribution in [0.15, 0.2) is 42.6 Å². The van der Waals surface area contributed by atoms with Crippen LogP contribution in [0.4, 0.5) is 0 Å². The SMILES string of the molecule is Cc1cc(C(=O)c2ccc3ncccc3c2)nn1C. The average Bonchev–Trinajstić information content (AvgIpc) is 2.77. The van der Waals surface area contributed by atoms with Crippen molar-refractivity contribution in [3.63, 3.8) is 0 Å². The first-order chi connectivity index (χ1) is 9.15. The number of nitrogens with zero attached hydrogens (tertiary/aromatic N) is 3. The topological polar surface area (TPSA) is 47.8 Å². The van der Waals surface area contributed by atoms with Gasteiger partial charge in [-0.3, -0.25) is 14.5 Å². The Balaban J connectivity index is 2.06. The molecule has 94 valence electrons. The third-order valence-corrected chi connectivity index (χ3v) is 3.21. The molecule has 0 saturated heterocycles. The van der Waals surface area contributed by atoms with Crippen LogP contribution in [0.3, 0.4) is 0 Å². The first kappa shape index (κ1) is 11.6. The summed E-state index contributed by atoms with van der Waals surface area (Å²) < 4.78 is 1.70. The van der Waals surface area contributed by atoms with Crippen molar-refractivity contribution >= 4 is 16.7 Å². The number of rotatable bonds is 2. The zero-order valence-electron chi connectivity index (χ0n) is 10.8. The monoisotopic (exact) mass is 251 g/mol. The number of benzene rings is 1. The lowest BCUT2D eigenvalue weighted by atomic mass is 10.1. The number of carbonyl (C=O) groups excluding carboxylic acids is 1. The van der Waals surface area contributed by atoms with Gasteiger partial charge in [-0.1, -0.05) is 6.07 Å². The molecule has 0 fully saturated rings. The fourth-order valence-corrected chi connectivity index (χ4v) is 2.04. The van der Waals surface area contributed by atoms with E-state index < -0.39 is 0 Å². The predicted molar refractivity (Wildman–Crippen MR) is 73.1 cm³/mol. The lowest BCUT2D eigenvalue weighted by molar-refractivity contribution is 0.103. The molecule has 0 N–H and O–H groups in total. The van der Waals surface area contributed by atoms with E-state index in [1.807, 2.05) is 38.2 Å². The van der Waals surface area contributed by atoms with Gasteiger partial charge in [-0.15, -0.1) is 0 Å². The van der Waals surface area contributed by atoms with Crippen LogP contribution in [0.25, 0.3) is 10.9 Å². The fourth-order valence-electron chi connectivity index (χ4n) is 2.04. The number of ketones is 1. The fraction of sp³-hybridized carbons (Fsp3) is 0.133. The van der Waals surface area contributed by atoms with Gasteiger partial charge >= 0.3 is 0 Å². The first-order valence-electron chi connectivity index (χ1n) is 6.05. The van der Waals surface area contributed by atoms with Crippen molar-refractivity contribution in [2.24, 2.45) is 7.05 Å². The molecule has 2 heterocycles. The second kappa shape index (κ2) is 4.31. The van der Waals surface area contributed by atoms with E-state index >= 15 is 0 Å². The molecule has 0 aliphatic heterocycles. The van der Waals surface area contributed by atoms with Crippen molar-refractivity contribution in [2.45, 2.75) is 6.92 Å². The van der Waals surface area contributed by atoms with E-state index in [-0.39, 0.29) is 5.78 Å². The minimum atomic E-state index is -0.0607. The van der Waals surface area contributed by atoms with Crippen LogP contribution >= 0.6 is 0 Å². The maximum atomic E-state index is 12.4. The molecule has 3 aromatic rings. The molecule has 0 bridgehead atoms. The number of hydrogen-bond donors (Lipinski definition) is 0. The Hall–Kier alpha value is -2.49. The average molecular weight is 251 g/mol. The molecule has 4 heteroatoms. The summed E-state index contributed by atoms with van der Waals surface area (Å²) in [6, 6.07) is 11.1. The second-order valence-corrected chi connectivity index (χ2v) is 4.53. The number of pyridine rings is 1. The molecule has 0 aliphatic rings. The van der Waals surface area contributed by atoms with E-state index in [0.717, 1.165) is 16.6 Å². The van der Waals surface area contributed by atoms with Crippen molar-refractivity contribution < 1.29 is 4.79 Å². The van der Waals surface area contributed by atoms with Crippen molar-refractivity contribution in [1.82, 2.24) is 14.8 Å². The quantitative estimate of drug-likeness (QED) is 0.657. The Morgan fingerprint density at radius 2 is 2.05 bits per heavy atom. The van der Waals surface area contributed by atoms with Crippen LogP contribution in [0.2, 0.25) is 0 Å². The summed E-state index contributed by atoms with van der Waals surface area (Å²) >= 11 is 0. The van der Waals surface area contributed by atoms with Crippen molar-refractivity contribution in [3.05, 3.63) is 59.5 Å². The molecular weight excluding hydrogens is 238 g/mol. The summed E-state index contributed by atoms with van der Waals surface area (Å²) in [5.41, 5.74) is 2.96. The standard InChI is InChI=1S/C15H13N3O/c1-10-8-14(17-18(10)2)15(19)12-5-6-13-11(9-12)4-3-7-16-13/h3-9H,1-2H3. The van der Waals surface area contributed by atoms with Gasteiger partial charge in [0.1, 0.15) is 5.69 Å². The van der Waals surface area contributed by atoms with E-state index in [4.69, 9.17) is 0 Å². The van der Waals surface area contributed by atoms with Crippen LogP contribution in [0, 0.1) is 6.92 Å². The summed E-state index contributed by atoms with van der Waals surface area (Å²) in [6.45, 7) is 1.92. The Morgan fingerprint density at radius 1 is 1.21 bits per heavy atom. The first-order valence-corrected chi connectivity index (χ1v) is 6.05. The molecule has 0 saturated carbocycles. The van der Waals surface area contributed by atoms with Gasteiger partial charge in [0.05, 0.1) is 5.52 Å². The molecule has 1 aromatic carbocycles. The van der Waals surface area contributed by atoms with E-state index in [1.54, 1.807) is 23.0 Å². The van der Waals surface area contributed by atoms with Gasteiger partial charge in [-0.2, -0.15) is 5.10 Å². The van der Waals surface area contributed by atoms with Gasteiger partial charge in [0.15, 0.2) is 0 Å². The minimum Gasteiger partial charge on any atom is -0.287 e. The van der Waals surface area contributed by atoms with Crippen LogP contribution in [-0.2, 0) is 7.05 Å². The van der Waals surface area contributed by atoms with Gasteiger partial charge in [0, 0.05) is 29.9 Å². The van der Waals surface area contributed by atoms with Gasteiger partial charge < -0.3 is 0 Å². The number of aromatic nitrogens is 3. The zero-order valence-corrected chi connectivity index (χ0v) is 10.8. The summed E-state index contributed by atoms with van der Waals surface area (Å²) in [4.78, 5) is 16.6. The van der Waals surface area contributed by atoms with E-state index in [9.17, 15) is 4.79 Å². The zero-order chi connectivity index (χ0) is 13.4. The number of aryl methyl sites for hydroxylation is 2. The van der Waals surface area contributed by atoms with Crippen LogP contribution in [-0.4, -0.2) is 20.5 Å². The minimum absolute atomic E-state index is 0.0607. The normalized spacial score (nSPS) is 10.8. The Bertz CT molecular complexity index is 754. The van der Waals surface area contributed by atoms with Gasteiger partial charge in [-0.25, -0.2) is 0 Å². The number of carbonyl (C=O) groups is 1.